The molecule has 1 aliphatic carbocycles. The predicted molar refractivity (Wildman–Crippen MR) is 67.4 cm³/mol. The van der Waals surface area contributed by atoms with Crippen molar-refractivity contribution in [3.63, 3.8) is 0 Å². The van der Waals surface area contributed by atoms with Crippen molar-refractivity contribution < 1.29 is 9.59 Å². The average Bonchev–Trinajstić information content (AvgIpc) is 3.14. The summed E-state index contributed by atoms with van der Waals surface area (Å²) in [5, 5.41) is 5.64. The molecule has 0 saturated heterocycles. The highest BCUT2D eigenvalue weighted by Crippen LogP contribution is 2.28. The van der Waals surface area contributed by atoms with Gasteiger partial charge in [0.1, 0.15) is 0 Å². The van der Waals surface area contributed by atoms with Gasteiger partial charge < -0.3 is 15.5 Å². The van der Waals surface area contributed by atoms with Crippen LogP contribution in [0.5, 0.6) is 0 Å². The Morgan fingerprint density at radius 3 is 2.94 bits per heavy atom. The number of carbonyl (C=O) groups excluding carboxylic acids is 2. The number of amides is 3. The molecule has 1 aromatic carbocycles. The maximum Gasteiger partial charge on any atom is 0.321 e. The molecule has 1 saturated carbocycles. The summed E-state index contributed by atoms with van der Waals surface area (Å²) in [5.74, 6) is -0.0725. The van der Waals surface area contributed by atoms with E-state index >= 15 is 0 Å². The molecule has 0 unspecified atom stereocenters. The number of carbonyl (C=O) groups is 2. The number of urea groups is 1. The fourth-order valence-electron chi connectivity index (χ4n) is 2.20. The maximum absolute atomic E-state index is 12.0. The predicted octanol–water partition coefficient (Wildman–Crippen LogP) is 1.56. The third kappa shape index (κ3) is 1.81. The Morgan fingerprint density at radius 1 is 1.44 bits per heavy atom. The van der Waals surface area contributed by atoms with E-state index in [2.05, 4.69) is 10.6 Å². The number of fused-ring (bicyclic) bond motifs is 1. The van der Waals surface area contributed by atoms with Crippen molar-refractivity contribution in [3.8, 4) is 0 Å². The zero-order valence-corrected chi connectivity index (χ0v) is 10.2. The molecular weight excluding hydrogens is 230 g/mol. The number of hydrogen-bond acceptors (Lipinski definition) is 2. The first-order valence-corrected chi connectivity index (χ1v) is 6.10. The molecule has 0 atom stereocenters. The SMILES string of the molecule is CN(C(=O)Nc1cccc2c1CNC2=O)C1CC1. The van der Waals surface area contributed by atoms with Crippen molar-refractivity contribution in [3.05, 3.63) is 29.3 Å². The highest BCUT2D eigenvalue weighted by atomic mass is 16.2. The fraction of sp³-hybridized carbons (Fsp3) is 0.385. The van der Waals surface area contributed by atoms with Crippen molar-refractivity contribution in [2.24, 2.45) is 0 Å². The normalized spacial score (nSPS) is 17.1. The van der Waals surface area contributed by atoms with Crippen LogP contribution in [0.15, 0.2) is 18.2 Å². The quantitative estimate of drug-likeness (QED) is 0.830. The van der Waals surface area contributed by atoms with E-state index in [1.54, 1.807) is 24.1 Å². The summed E-state index contributed by atoms with van der Waals surface area (Å²) in [4.78, 5) is 25.2. The highest BCUT2D eigenvalue weighted by Gasteiger charge is 2.30. The van der Waals surface area contributed by atoms with Gasteiger partial charge in [-0.05, 0) is 25.0 Å². The Morgan fingerprint density at radius 2 is 2.22 bits per heavy atom. The van der Waals surface area contributed by atoms with Gasteiger partial charge >= 0.3 is 6.03 Å². The van der Waals surface area contributed by atoms with Gasteiger partial charge in [-0.25, -0.2) is 4.79 Å². The van der Waals surface area contributed by atoms with Crippen LogP contribution in [-0.2, 0) is 6.54 Å². The lowest BCUT2D eigenvalue weighted by molar-refractivity contribution is 0.0965. The molecule has 1 fully saturated rings. The number of hydrogen-bond donors (Lipinski definition) is 2. The molecule has 2 N–H and O–H groups in total. The second-order valence-corrected chi connectivity index (χ2v) is 4.79. The van der Waals surface area contributed by atoms with Gasteiger partial charge in [0, 0.05) is 36.4 Å². The molecule has 1 heterocycles. The molecule has 3 rings (SSSR count). The summed E-state index contributed by atoms with van der Waals surface area (Å²) in [6, 6.07) is 5.67. The van der Waals surface area contributed by atoms with E-state index in [9.17, 15) is 9.59 Å². The summed E-state index contributed by atoms with van der Waals surface area (Å²) >= 11 is 0. The Hall–Kier alpha value is -2.04. The molecule has 1 aliphatic heterocycles. The molecule has 0 radical (unpaired) electrons. The molecule has 0 aromatic heterocycles. The molecule has 1 aromatic rings. The van der Waals surface area contributed by atoms with Gasteiger partial charge in [0.15, 0.2) is 0 Å². The van der Waals surface area contributed by atoms with Gasteiger partial charge in [0.05, 0.1) is 0 Å². The van der Waals surface area contributed by atoms with Crippen LogP contribution in [0.1, 0.15) is 28.8 Å². The number of anilines is 1. The van der Waals surface area contributed by atoms with Crippen molar-refractivity contribution >= 4 is 17.6 Å². The molecule has 5 heteroatoms. The summed E-state index contributed by atoms with van der Waals surface area (Å²) in [6.07, 6.45) is 2.16. The average molecular weight is 245 g/mol. The van der Waals surface area contributed by atoms with E-state index < -0.39 is 0 Å². The molecule has 3 amide bonds. The zero-order valence-electron chi connectivity index (χ0n) is 10.2. The number of nitrogens with one attached hydrogen (secondary N) is 2. The van der Waals surface area contributed by atoms with Gasteiger partial charge in [0.2, 0.25) is 0 Å². The number of rotatable bonds is 2. The maximum atomic E-state index is 12.0. The highest BCUT2D eigenvalue weighted by molar-refractivity contribution is 6.01. The Balaban J connectivity index is 1.81. The minimum Gasteiger partial charge on any atom is -0.348 e. The van der Waals surface area contributed by atoms with Gasteiger partial charge in [-0.3, -0.25) is 4.79 Å². The molecule has 0 bridgehead atoms. The van der Waals surface area contributed by atoms with Gasteiger partial charge in [0.25, 0.3) is 5.91 Å². The van der Waals surface area contributed by atoms with Crippen LogP contribution in [0.25, 0.3) is 0 Å². The van der Waals surface area contributed by atoms with Crippen molar-refractivity contribution in [1.29, 1.82) is 0 Å². The van der Waals surface area contributed by atoms with Gasteiger partial charge in [-0.1, -0.05) is 6.07 Å². The fourth-order valence-corrected chi connectivity index (χ4v) is 2.20. The lowest BCUT2D eigenvalue weighted by Gasteiger charge is -2.18. The van der Waals surface area contributed by atoms with Gasteiger partial charge in [-0.15, -0.1) is 0 Å². The Labute approximate surface area is 105 Å². The minimum absolute atomic E-state index is 0.0725. The molecule has 94 valence electrons. The van der Waals surface area contributed by atoms with Crippen molar-refractivity contribution in [1.82, 2.24) is 10.2 Å². The number of benzene rings is 1. The second kappa shape index (κ2) is 4.01. The van der Waals surface area contributed by atoms with E-state index in [1.807, 2.05) is 6.07 Å². The molecule has 0 spiro atoms. The molecule has 5 nitrogen and oxygen atoms in total. The van der Waals surface area contributed by atoms with E-state index in [-0.39, 0.29) is 11.9 Å². The Bertz CT molecular complexity index is 523. The second-order valence-electron chi connectivity index (χ2n) is 4.79. The van der Waals surface area contributed by atoms with Crippen LogP contribution in [0, 0.1) is 0 Å². The Kier molecular flexibility index (Phi) is 2.47. The topological polar surface area (TPSA) is 61.4 Å². The smallest absolute Gasteiger partial charge is 0.321 e. The third-order valence-corrected chi connectivity index (χ3v) is 3.50. The standard InChI is InChI=1S/C13H15N3O2/c1-16(8-5-6-8)13(18)15-11-4-2-3-9-10(11)7-14-12(9)17/h2-4,8H,5-7H2,1H3,(H,14,17)(H,15,18). The lowest BCUT2D eigenvalue weighted by Crippen LogP contribution is -2.33. The first-order chi connectivity index (χ1) is 8.66. The summed E-state index contributed by atoms with van der Waals surface area (Å²) in [6.45, 7) is 0.484. The van der Waals surface area contributed by atoms with Gasteiger partial charge in [-0.2, -0.15) is 0 Å². The largest absolute Gasteiger partial charge is 0.348 e. The molecule has 18 heavy (non-hydrogen) atoms. The van der Waals surface area contributed by atoms with Crippen molar-refractivity contribution in [2.45, 2.75) is 25.4 Å². The van der Waals surface area contributed by atoms with E-state index in [0.717, 1.165) is 24.1 Å². The third-order valence-electron chi connectivity index (χ3n) is 3.50. The van der Waals surface area contributed by atoms with Crippen LogP contribution < -0.4 is 10.6 Å². The first kappa shape index (κ1) is 11.1. The summed E-state index contributed by atoms with van der Waals surface area (Å²) in [5.41, 5.74) is 2.25. The summed E-state index contributed by atoms with van der Waals surface area (Å²) < 4.78 is 0. The monoisotopic (exact) mass is 245 g/mol. The van der Waals surface area contributed by atoms with Crippen LogP contribution in [-0.4, -0.2) is 29.9 Å². The molecular formula is C13H15N3O2. The first-order valence-electron chi connectivity index (χ1n) is 6.10. The summed E-state index contributed by atoms with van der Waals surface area (Å²) in [7, 11) is 1.81. The van der Waals surface area contributed by atoms with E-state index in [0.29, 0.717) is 18.2 Å². The zero-order chi connectivity index (χ0) is 12.7. The van der Waals surface area contributed by atoms with Crippen LogP contribution in [0.4, 0.5) is 10.5 Å². The minimum atomic E-state index is -0.106. The van der Waals surface area contributed by atoms with E-state index in [1.165, 1.54) is 0 Å². The molecule has 2 aliphatic rings. The lowest BCUT2D eigenvalue weighted by atomic mass is 10.1. The van der Waals surface area contributed by atoms with Crippen LogP contribution in [0.2, 0.25) is 0 Å². The van der Waals surface area contributed by atoms with Crippen molar-refractivity contribution in [2.75, 3.05) is 12.4 Å². The number of nitrogens with zero attached hydrogens (tertiary/aromatic N) is 1. The van der Waals surface area contributed by atoms with Crippen LogP contribution in [0.3, 0.4) is 0 Å². The van der Waals surface area contributed by atoms with Crippen LogP contribution >= 0.6 is 0 Å². The van der Waals surface area contributed by atoms with E-state index in [4.69, 9.17) is 0 Å².